The highest BCUT2D eigenvalue weighted by Crippen LogP contribution is 2.12. The minimum Gasteiger partial charge on any atom is -0.395 e. The van der Waals surface area contributed by atoms with Crippen LogP contribution in [0.2, 0.25) is 0 Å². The molecule has 0 saturated carbocycles. The first-order valence-electron chi connectivity index (χ1n) is 7.37. The van der Waals surface area contributed by atoms with Crippen LogP contribution in [0, 0.1) is 5.82 Å². The second-order valence-corrected chi connectivity index (χ2v) is 7.37. The van der Waals surface area contributed by atoms with Crippen molar-refractivity contribution in [2.24, 2.45) is 0 Å². The Morgan fingerprint density at radius 1 is 0.957 bits per heavy atom. The maximum atomic E-state index is 12.9. The first-order chi connectivity index (χ1) is 11.0. The van der Waals surface area contributed by atoms with Gasteiger partial charge in [0.1, 0.15) is 5.82 Å². The van der Waals surface area contributed by atoms with Crippen LogP contribution < -0.4 is 0 Å². The quantitative estimate of drug-likeness (QED) is 0.801. The largest absolute Gasteiger partial charge is 0.395 e. The van der Waals surface area contributed by atoms with E-state index in [0.717, 1.165) is 5.56 Å². The molecule has 2 aromatic carbocycles. The zero-order chi connectivity index (χ0) is 16.7. The summed E-state index contributed by atoms with van der Waals surface area (Å²) in [6.45, 7) is 1.06. The van der Waals surface area contributed by atoms with E-state index in [-0.39, 0.29) is 18.2 Å². The maximum absolute atomic E-state index is 12.9. The van der Waals surface area contributed by atoms with Crippen molar-refractivity contribution in [3.05, 3.63) is 66.0 Å². The summed E-state index contributed by atoms with van der Waals surface area (Å²) in [7, 11) is -3.36. The number of sulfone groups is 1. The van der Waals surface area contributed by atoms with Gasteiger partial charge in [0.15, 0.2) is 9.84 Å². The molecule has 0 aromatic heterocycles. The smallest absolute Gasteiger partial charge is 0.179 e. The Morgan fingerprint density at radius 2 is 1.61 bits per heavy atom. The fourth-order valence-electron chi connectivity index (χ4n) is 2.25. The molecule has 6 heteroatoms. The monoisotopic (exact) mass is 337 g/mol. The molecule has 0 heterocycles. The van der Waals surface area contributed by atoms with Crippen LogP contribution in [0.25, 0.3) is 0 Å². The molecule has 0 spiro atoms. The predicted molar refractivity (Wildman–Crippen MR) is 87.3 cm³/mol. The number of nitrogens with zero attached hydrogens (tertiary/aromatic N) is 1. The lowest BCUT2D eigenvalue weighted by atomic mass is 10.2. The van der Waals surface area contributed by atoms with Crippen molar-refractivity contribution >= 4 is 9.84 Å². The van der Waals surface area contributed by atoms with Gasteiger partial charge in [-0.05, 0) is 29.8 Å². The van der Waals surface area contributed by atoms with Crippen molar-refractivity contribution in [1.29, 1.82) is 0 Å². The van der Waals surface area contributed by atoms with Gasteiger partial charge in [-0.2, -0.15) is 0 Å². The molecule has 0 fully saturated rings. The molecule has 0 unspecified atom stereocenters. The van der Waals surface area contributed by atoms with Gasteiger partial charge < -0.3 is 5.11 Å². The Balaban J connectivity index is 2.00. The zero-order valence-corrected chi connectivity index (χ0v) is 13.5. The number of aliphatic hydroxyl groups excluding tert-OH is 1. The van der Waals surface area contributed by atoms with Crippen LogP contribution in [0.15, 0.2) is 59.5 Å². The number of halogens is 1. The molecule has 0 bridgehead atoms. The minimum atomic E-state index is -3.36. The van der Waals surface area contributed by atoms with Crippen LogP contribution in [0.3, 0.4) is 0 Å². The first kappa shape index (κ1) is 17.6. The van der Waals surface area contributed by atoms with Crippen LogP contribution in [0.1, 0.15) is 5.56 Å². The standard InChI is InChI=1S/C17H20FNO3S/c18-16-8-6-15(7-9-16)14-19(10-12-20)11-13-23(21,22)17-4-2-1-3-5-17/h1-9,20H,10-14H2. The number of aliphatic hydroxyl groups is 1. The lowest BCUT2D eigenvalue weighted by Gasteiger charge is -2.21. The van der Waals surface area contributed by atoms with Gasteiger partial charge in [0.05, 0.1) is 17.3 Å². The topological polar surface area (TPSA) is 57.6 Å². The van der Waals surface area contributed by atoms with Crippen LogP contribution in [-0.4, -0.2) is 43.9 Å². The first-order valence-corrected chi connectivity index (χ1v) is 9.02. The average molecular weight is 337 g/mol. The molecule has 23 heavy (non-hydrogen) atoms. The van der Waals surface area contributed by atoms with E-state index in [9.17, 15) is 12.8 Å². The Hall–Kier alpha value is -1.76. The molecule has 4 nitrogen and oxygen atoms in total. The summed E-state index contributed by atoms with van der Waals surface area (Å²) < 4.78 is 37.5. The fraction of sp³-hybridized carbons (Fsp3) is 0.294. The summed E-state index contributed by atoms with van der Waals surface area (Å²) in [4.78, 5) is 2.14. The summed E-state index contributed by atoms with van der Waals surface area (Å²) in [5, 5.41) is 9.15. The van der Waals surface area contributed by atoms with Gasteiger partial charge in [-0.3, -0.25) is 4.90 Å². The van der Waals surface area contributed by atoms with E-state index in [4.69, 9.17) is 5.11 Å². The van der Waals surface area contributed by atoms with Crippen molar-refractivity contribution in [2.75, 3.05) is 25.4 Å². The van der Waals surface area contributed by atoms with Crippen LogP contribution in [0.5, 0.6) is 0 Å². The van der Waals surface area contributed by atoms with Gasteiger partial charge in [-0.15, -0.1) is 0 Å². The molecule has 2 rings (SSSR count). The second kappa shape index (κ2) is 8.19. The van der Waals surface area contributed by atoms with Crippen LogP contribution in [0.4, 0.5) is 4.39 Å². The van der Waals surface area contributed by atoms with Crippen molar-refractivity contribution in [1.82, 2.24) is 4.90 Å². The Kier molecular flexibility index (Phi) is 6.27. The third kappa shape index (κ3) is 5.42. The summed E-state index contributed by atoms with van der Waals surface area (Å²) in [6, 6.07) is 14.4. The molecular formula is C17H20FNO3S. The number of hydrogen-bond acceptors (Lipinski definition) is 4. The second-order valence-electron chi connectivity index (χ2n) is 5.26. The molecule has 0 aliphatic carbocycles. The number of rotatable bonds is 8. The molecule has 2 aromatic rings. The van der Waals surface area contributed by atoms with Gasteiger partial charge in [0.2, 0.25) is 0 Å². The highest BCUT2D eigenvalue weighted by molar-refractivity contribution is 7.91. The molecule has 0 aliphatic heterocycles. The summed E-state index contributed by atoms with van der Waals surface area (Å²) >= 11 is 0. The minimum absolute atomic E-state index is 0.0296. The van der Waals surface area contributed by atoms with Crippen molar-refractivity contribution in [2.45, 2.75) is 11.4 Å². The fourth-order valence-corrected chi connectivity index (χ4v) is 3.56. The number of hydrogen-bond donors (Lipinski definition) is 1. The van der Waals surface area contributed by atoms with Crippen LogP contribution in [-0.2, 0) is 16.4 Å². The molecule has 0 atom stereocenters. The highest BCUT2D eigenvalue weighted by atomic mass is 32.2. The lowest BCUT2D eigenvalue weighted by Crippen LogP contribution is -2.31. The Morgan fingerprint density at radius 3 is 2.22 bits per heavy atom. The third-order valence-corrected chi connectivity index (χ3v) is 5.22. The molecule has 0 amide bonds. The van der Waals surface area contributed by atoms with E-state index in [2.05, 4.69) is 0 Å². The highest BCUT2D eigenvalue weighted by Gasteiger charge is 2.16. The Labute approximate surface area is 136 Å². The summed E-state index contributed by atoms with van der Waals surface area (Å²) in [5.41, 5.74) is 0.872. The molecular weight excluding hydrogens is 317 g/mol. The normalized spacial score (nSPS) is 11.8. The zero-order valence-electron chi connectivity index (χ0n) is 12.7. The van der Waals surface area contributed by atoms with E-state index in [1.165, 1.54) is 12.1 Å². The van der Waals surface area contributed by atoms with E-state index in [0.29, 0.717) is 24.5 Å². The SMILES string of the molecule is O=S(=O)(CCN(CCO)Cc1ccc(F)cc1)c1ccccc1. The number of benzene rings is 2. The summed E-state index contributed by atoms with van der Waals surface area (Å²) in [5.74, 6) is -0.341. The molecule has 0 radical (unpaired) electrons. The van der Waals surface area contributed by atoms with Crippen LogP contribution >= 0.6 is 0 Å². The third-order valence-electron chi connectivity index (χ3n) is 3.51. The van der Waals surface area contributed by atoms with Crippen molar-refractivity contribution in [3.63, 3.8) is 0 Å². The molecule has 124 valence electrons. The lowest BCUT2D eigenvalue weighted by molar-refractivity contribution is 0.197. The van der Waals surface area contributed by atoms with Gasteiger partial charge in [-0.25, -0.2) is 12.8 Å². The van der Waals surface area contributed by atoms with Gasteiger partial charge in [-0.1, -0.05) is 30.3 Å². The van der Waals surface area contributed by atoms with E-state index < -0.39 is 9.84 Å². The van der Waals surface area contributed by atoms with E-state index >= 15 is 0 Å². The molecule has 1 N–H and O–H groups in total. The molecule has 0 aliphatic rings. The van der Waals surface area contributed by atoms with Gasteiger partial charge >= 0.3 is 0 Å². The predicted octanol–water partition coefficient (Wildman–Crippen LogP) is 2.09. The molecule has 0 saturated heterocycles. The average Bonchev–Trinajstić information content (AvgIpc) is 2.56. The van der Waals surface area contributed by atoms with Gasteiger partial charge in [0.25, 0.3) is 0 Å². The summed E-state index contributed by atoms with van der Waals surface area (Å²) in [6.07, 6.45) is 0. The van der Waals surface area contributed by atoms with E-state index in [1.54, 1.807) is 42.5 Å². The van der Waals surface area contributed by atoms with Crippen molar-refractivity contribution in [3.8, 4) is 0 Å². The van der Waals surface area contributed by atoms with Gasteiger partial charge in [0, 0.05) is 19.6 Å². The maximum Gasteiger partial charge on any atom is 0.179 e. The van der Waals surface area contributed by atoms with Crippen molar-refractivity contribution < 1.29 is 17.9 Å². The Bertz CT molecular complexity index is 702. The van der Waals surface area contributed by atoms with E-state index in [1.807, 2.05) is 4.90 Å².